The number of methoxy groups -OCH3 is 1. The molecule has 0 aliphatic heterocycles. The zero-order valence-electron chi connectivity index (χ0n) is 21.1. The number of H-pyrrole nitrogens is 2. The standard InChI is InChI=1S/C30H21N5O4S/c1-39-30(38)35-29-33-24-13-7-20(15-26(24)34-29)28(37)18-4-10-22(11-5-18)40-21-8-2-17(3-9-21)27(36)19-6-12-23-25(14-19)32-16-31-23/h2-16H,1H3,(H,31,32)(H2,33,34,35,38). The predicted molar refractivity (Wildman–Crippen MR) is 152 cm³/mol. The molecule has 40 heavy (non-hydrogen) atoms. The van der Waals surface area contributed by atoms with Crippen LogP contribution in [-0.2, 0) is 4.74 Å². The van der Waals surface area contributed by atoms with Crippen molar-refractivity contribution in [3.63, 3.8) is 0 Å². The second kappa shape index (κ2) is 10.5. The van der Waals surface area contributed by atoms with E-state index in [9.17, 15) is 14.4 Å². The summed E-state index contributed by atoms with van der Waals surface area (Å²) in [4.78, 5) is 53.9. The van der Waals surface area contributed by atoms with Gasteiger partial charge in [0.15, 0.2) is 11.6 Å². The second-order valence-corrected chi connectivity index (χ2v) is 10.0. The molecule has 3 N–H and O–H groups in total. The second-order valence-electron chi connectivity index (χ2n) is 8.88. The van der Waals surface area contributed by atoms with Gasteiger partial charge in [0.2, 0.25) is 5.95 Å². The molecule has 0 saturated heterocycles. The summed E-state index contributed by atoms with van der Waals surface area (Å²) in [6, 6.07) is 25.4. The molecule has 6 rings (SSSR count). The first kappa shape index (κ1) is 25.1. The number of aromatic amines is 2. The zero-order valence-corrected chi connectivity index (χ0v) is 21.9. The quantitative estimate of drug-likeness (QED) is 0.202. The van der Waals surface area contributed by atoms with Crippen LogP contribution in [0.3, 0.4) is 0 Å². The molecular weight excluding hydrogens is 526 g/mol. The predicted octanol–water partition coefficient (Wildman–Crippen LogP) is 6.23. The molecule has 0 fully saturated rings. The number of nitrogens with zero attached hydrogens (tertiary/aromatic N) is 2. The lowest BCUT2D eigenvalue weighted by Crippen LogP contribution is -2.11. The van der Waals surface area contributed by atoms with Crippen molar-refractivity contribution in [3.8, 4) is 0 Å². The number of aromatic nitrogens is 4. The van der Waals surface area contributed by atoms with Gasteiger partial charge in [-0.05, 0) is 84.9 Å². The molecule has 1 amide bonds. The van der Waals surface area contributed by atoms with Crippen LogP contribution in [0.2, 0.25) is 0 Å². The lowest BCUT2D eigenvalue weighted by atomic mass is 10.0. The number of nitrogens with one attached hydrogen (secondary N) is 3. The van der Waals surface area contributed by atoms with Crippen molar-refractivity contribution in [1.82, 2.24) is 19.9 Å². The fraction of sp³-hybridized carbons (Fsp3) is 0.0333. The van der Waals surface area contributed by atoms with Crippen LogP contribution in [0.5, 0.6) is 0 Å². The van der Waals surface area contributed by atoms with Gasteiger partial charge in [-0.15, -0.1) is 0 Å². The van der Waals surface area contributed by atoms with Crippen LogP contribution in [0.1, 0.15) is 31.8 Å². The molecule has 196 valence electrons. The van der Waals surface area contributed by atoms with E-state index in [-0.39, 0.29) is 17.5 Å². The summed E-state index contributed by atoms with van der Waals surface area (Å²) in [7, 11) is 1.27. The van der Waals surface area contributed by atoms with Gasteiger partial charge in [-0.2, -0.15) is 0 Å². The van der Waals surface area contributed by atoms with Crippen LogP contribution in [0.15, 0.2) is 101 Å². The molecule has 10 heteroatoms. The highest BCUT2D eigenvalue weighted by molar-refractivity contribution is 7.99. The Hall–Kier alpha value is -5.22. The summed E-state index contributed by atoms with van der Waals surface area (Å²) in [6.07, 6.45) is 0.969. The van der Waals surface area contributed by atoms with Gasteiger partial charge in [0, 0.05) is 32.0 Å². The Morgan fingerprint density at radius 2 is 1.27 bits per heavy atom. The number of ketones is 2. The van der Waals surface area contributed by atoms with Crippen molar-refractivity contribution in [2.45, 2.75) is 9.79 Å². The molecule has 9 nitrogen and oxygen atoms in total. The van der Waals surface area contributed by atoms with Crippen molar-refractivity contribution in [3.05, 3.63) is 114 Å². The topological polar surface area (TPSA) is 130 Å². The van der Waals surface area contributed by atoms with Crippen molar-refractivity contribution in [1.29, 1.82) is 0 Å². The van der Waals surface area contributed by atoms with Crippen LogP contribution in [-0.4, -0.2) is 44.7 Å². The number of carbonyl (C=O) groups excluding carboxylic acids is 3. The molecule has 6 aromatic rings. The Bertz CT molecular complexity index is 1890. The molecule has 0 atom stereocenters. The Morgan fingerprint density at radius 3 is 1.88 bits per heavy atom. The summed E-state index contributed by atoms with van der Waals surface area (Å²) in [5.41, 5.74) is 5.08. The zero-order chi connectivity index (χ0) is 27.6. The number of ether oxygens (including phenoxy) is 1. The minimum absolute atomic E-state index is 0.0618. The van der Waals surface area contributed by atoms with Crippen LogP contribution < -0.4 is 5.32 Å². The molecule has 0 aliphatic rings. The summed E-state index contributed by atoms with van der Waals surface area (Å²) < 4.78 is 4.58. The van der Waals surface area contributed by atoms with E-state index in [0.29, 0.717) is 33.3 Å². The molecule has 4 aromatic carbocycles. The van der Waals surface area contributed by atoms with E-state index in [4.69, 9.17) is 0 Å². The average Bonchev–Trinajstić information content (AvgIpc) is 3.62. The van der Waals surface area contributed by atoms with E-state index >= 15 is 0 Å². The van der Waals surface area contributed by atoms with Gasteiger partial charge in [-0.25, -0.2) is 14.8 Å². The molecular formula is C30H21N5O4S. The first-order valence-corrected chi connectivity index (χ1v) is 13.0. The normalized spacial score (nSPS) is 11.0. The van der Waals surface area contributed by atoms with Crippen molar-refractivity contribution in [2.24, 2.45) is 0 Å². The third-order valence-corrected chi connectivity index (χ3v) is 7.32. The number of anilines is 1. The number of hydrogen-bond acceptors (Lipinski definition) is 7. The average molecular weight is 548 g/mol. The number of rotatable bonds is 7. The summed E-state index contributed by atoms with van der Waals surface area (Å²) in [5.74, 6) is 0.0360. The molecule has 0 unspecified atom stereocenters. The Morgan fingerprint density at radius 1 is 0.725 bits per heavy atom. The van der Waals surface area contributed by atoms with Gasteiger partial charge in [-0.1, -0.05) is 11.8 Å². The molecule has 2 aromatic heterocycles. The summed E-state index contributed by atoms with van der Waals surface area (Å²) in [6.45, 7) is 0. The lowest BCUT2D eigenvalue weighted by Gasteiger charge is -2.06. The Kier molecular flexibility index (Phi) is 6.59. The Labute approximate surface area is 232 Å². The van der Waals surface area contributed by atoms with Crippen LogP contribution in [0.25, 0.3) is 22.1 Å². The van der Waals surface area contributed by atoms with E-state index in [0.717, 1.165) is 20.8 Å². The van der Waals surface area contributed by atoms with Gasteiger partial charge in [0.05, 0.1) is 35.5 Å². The lowest BCUT2D eigenvalue weighted by molar-refractivity contribution is 0.103. The molecule has 0 aliphatic carbocycles. The molecule has 2 heterocycles. The van der Waals surface area contributed by atoms with Crippen molar-refractivity contribution < 1.29 is 19.1 Å². The van der Waals surface area contributed by atoms with Gasteiger partial charge >= 0.3 is 6.09 Å². The van der Waals surface area contributed by atoms with Gasteiger partial charge < -0.3 is 14.7 Å². The molecule has 0 spiro atoms. The smallest absolute Gasteiger partial charge is 0.413 e. The maximum Gasteiger partial charge on any atom is 0.413 e. The monoisotopic (exact) mass is 547 g/mol. The highest BCUT2D eigenvalue weighted by Crippen LogP contribution is 2.29. The van der Waals surface area contributed by atoms with Gasteiger partial charge in [0.1, 0.15) is 0 Å². The van der Waals surface area contributed by atoms with E-state index in [1.54, 1.807) is 48.8 Å². The first-order chi connectivity index (χ1) is 19.5. The minimum Gasteiger partial charge on any atom is -0.453 e. The van der Waals surface area contributed by atoms with Crippen LogP contribution in [0.4, 0.5) is 10.7 Å². The summed E-state index contributed by atoms with van der Waals surface area (Å²) >= 11 is 1.54. The van der Waals surface area contributed by atoms with E-state index < -0.39 is 6.09 Å². The largest absolute Gasteiger partial charge is 0.453 e. The number of benzene rings is 4. The fourth-order valence-corrected chi connectivity index (χ4v) is 5.06. The number of fused-ring (bicyclic) bond motifs is 2. The van der Waals surface area contributed by atoms with E-state index in [2.05, 4.69) is 30.0 Å². The third-order valence-electron chi connectivity index (χ3n) is 6.30. The number of amides is 1. The van der Waals surface area contributed by atoms with Crippen LogP contribution in [0, 0.1) is 0 Å². The minimum atomic E-state index is -0.638. The molecule has 0 radical (unpaired) electrons. The highest BCUT2D eigenvalue weighted by Gasteiger charge is 2.14. The molecule has 0 bridgehead atoms. The summed E-state index contributed by atoms with van der Waals surface area (Å²) in [5, 5.41) is 2.47. The van der Waals surface area contributed by atoms with Crippen molar-refractivity contribution in [2.75, 3.05) is 12.4 Å². The van der Waals surface area contributed by atoms with Gasteiger partial charge in [0.25, 0.3) is 0 Å². The Balaban J connectivity index is 1.12. The molecule has 0 saturated carbocycles. The maximum atomic E-state index is 13.1. The highest BCUT2D eigenvalue weighted by atomic mass is 32.2. The van der Waals surface area contributed by atoms with Crippen LogP contribution >= 0.6 is 11.8 Å². The number of carbonyl (C=O) groups is 3. The third kappa shape index (κ3) is 5.07. The van der Waals surface area contributed by atoms with Gasteiger partial charge in [-0.3, -0.25) is 14.9 Å². The number of hydrogen-bond donors (Lipinski definition) is 3. The number of imidazole rings is 2. The first-order valence-electron chi connectivity index (χ1n) is 12.2. The van der Waals surface area contributed by atoms with E-state index in [1.807, 2.05) is 42.5 Å². The maximum absolute atomic E-state index is 13.1. The van der Waals surface area contributed by atoms with E-state index in [1.165, 1.54) is 18.9 Å². The SMILES string of the molecule is COC(=O)Nc1nc2cc(C(=O)c3ccc(Sc4ccc(C(=O)c5ccc6[nH]cnc6c5)cc4)cc3)ccc2[nH]1. The fourth-order valence-electron chi connectivity index (χ4n) is 4.25. The van der Waals surface area contributed by atoms with Crippen molar-refractivity contribution >= 4 is 57.4 Å².